The third kappa shape index (κ3) is 4.17. The number of benzene rings is 2. The molecule has 0 fully saturated rings. The van der Waals surface area contributed by atoms with E-state index in [9.17, 15) is 14.0 Å². The van der Waals surface area contributed by atoms with Gasteiger partial charge in [-0.2, -0.15) is 0 Å². The fourth-order valence-electron chi connectivity index (χ4n) is 3.21. The van der Waals surface area contributed by atoms with Crippen molar-refractivity contribution < 1.29 is 13.9 Å². The molecule has 0 aliphatic rings. The fourth-order valence-corrected chi connectivity index (χ4v) is 4.38. The van der Waals surface area contributed by atoms with Crippen LogP contribution < -0.4 is 15.6 Å². The van der Waals surface area contributed by atoms with Gasteiger partial charge in [0.15, 0.2) is 0 Å². The lowest BCUT2D eigenvalue weighted by molar-refractivity contribution is -0.116. The number of nitrogens with one attached hydrogen (secondary N) is 1. The first-order valence-corrected chi connectivity index (χ1v) is 10.5. The normalized spacial score (nSPS) is 11.0. The van der Waals surface area contributed by atoms with Crippen LogP contribution in [0.15, 0.2) is 52.6 Å². The largest absolute Gasteiger partial charge is 0.497 e. The maximum atomic E-state index is 13.3. The van der Waals surface area contributed by atoms with Crippen molar-refractivity contribution in [2.45, 2.75) is 13.5 Å². The highest BCUT2D eigenvalue weighted by atomic mass is 35.5. The number of halogens is 2. The molecule has 0 unspecified atom stereocenters. The zero-order valence-electron chi connectivity index (χ0n) is 16.6. The minimum atomic E-state index is -0.579. The van der Waals surface area contributed by atoms with E-state index in [2.05, 4.69) is 10.3 Å². The Morgan fingerprint density at radius 3 is 2.68 bits per heavy atom. The molecule has 0 saturated carbocycles. The van der Waals surface area contributed by atoms with Crippen molar-refractivity contribution in [3.8, 4) is 16.9 Å². The molecule has 0 aliphatic carbocycles. The van der Waals surface area contributed by atoms with E-state index in [-0.39, 0.29) is 17.1 Å². The van der Waals surface area contributed by atoms with Crippen LogP contribution in [-0.2, 0) is 11.3 Å². The van der Waals surface area contributed by atoms with E-state index in [1.807, 2.05) is 29.6 Å². The van der Waals surface area contributed by atoms with Crippen LogP contribution in [0, 0.1) is 12.7 Å². The maximum Gasteiger partial charge on any atom is 0.263 e. The summed E-state index contributed by atoms with van der Waals surface area (Å²) in [6, 6.07) is 11.3. The Balaban J connectivity index is 1.68. The van der Waals surface area contributed by atoms with E-state index in [4.69, 9.17) is 16.3 Å². The number of aromatic nitrogens is 2. The monoisotopic (exact) mass is 457 g/mol. The van der Waals surface area contributed by atoms with Gasteiger partial charge >= 0.3 is 0 Å². The van der Waals surface area contributed by atoms with E-state index in [0.717, 1.165) is 17.2 Å². The van der Waals surface area contributed by atoms with Gasteiger partial charge in [0.1, 0.15) is 28.8 Å². The number of carbonyl (C=O) groups excluding carboxylic acids is 1. The third-order valence-corrected chi connectivity index (χ3v) is 5.95. The lowest BCUT2D eigenvalue weighted by Crippen LogP contribution is -2.30. The number of nitrogens with zero attached hydrogens (tertiary/aromatic N) is 2. The summed E-state index contributed by atoms with van der Waals surface area (Å²) in [5.74, 6) is 0.111. The molecular formula is C22H17ClFN3O3S. The first-order valence-electron chi connectivity index (χ1n) is 9.25. The zero-order chi connectivity index (χ0) is 22.1. The number of fused-ring (bicyclic) bond motifs is 1. The van der Waals surface area contributed by atoms with Crippen LogP contribution in [0.2, 0.25) is 5.02 Å². The molecule has 1 N–H and O–H groups in total. The summed E-state index contributed by atoms with van der Waals surface area (Å²) >= 11 is 7.13. The number of rotatable bonds is 5. The molecule has 158 valence electrons. The quantitative estimate of drug-likeness (QED) is 0.464. The van der Waals surface area contributed by atoms with Crippen molar-refractivity contribution >= 4 is 44.7 Å². The molecule has 2 aromatic heterocycles. The number of carbonyl (C=O) groups is 1. The molecule has 2 aromatic carbocycles. The topological polar surface area (TPSA) is 73.2 Å². The predicted molar refractivity (Wildman–Crippen MR) is 121 cm³/mol. The van der Waals surface area contributed by atoms with E-state index in [1.165, 1.54) is 28.0 Å². The van der Waals surface area contributed by atoms with Crippen molar-refractivity contribution in [1.82, 2.24) is 9.55 Å². The number of hydrogen-bond acceptors (Lipinski definition) is 5. The Kier molecular flexibility index (Phi) is 5.75. The Morgan fingerprint density at radius 1 is 1.26 bits per heavy atom. The van der Waals surface area contributed by atoms with E-state index in [0.29, 0.717) is 27.5 Å². The second kappa shape index (κ2) is 8.49. The Bertz CT molecular complexity index is 1350. The number of amides is 1. The molecule has 6 nitrogen and oxygen atoms in total. The molecule has 4 aromatic rings. The highest BCUT2D eigenvalue weighted by Crippen LogP contribution is 2.32. The van der Waals surface area contributed by atoms with Gasteiger partial charge in [-0.3, -0.25) is 14.2 Å². The molecular weight excluding hydrogens is 441 g/mol. The number of ether oxygens (including phenoxy) is 1. The Hall–Kier alpha value is -3.23. The lowest BCUT2D eigenvalue weighted by atomic mass is 10.1. The summed E-state index contributed by atoms with van der Waals surface area (Å²) in [6.45, 7) is 1.44. The van der Waals surface area contributed by atoms with E-state index < -0.39 is 11.7 Å². The molecule has 1 amide bonds. The van der Waals surface area contributed by atoms with Crippen LogP contribution in [0.5, 0.6) is 5.75 Å². The first kappa shape index (κ1) is 21.0. The highest BCUT2D eigenvalue weighted by Gasteiger charge is 2.17. The van der Waals surface area contributed by atoms with E-state index in [1.54, 1.807) is 14.0 Å². The third-order valence-electron chi connectivity index (χ3n) is 4.79. The SMILES string of the molecule is COc1ccc(-c2csc3nc(C)n(CC(=O)Nc4ccc(F)c(Cl)c4)c(=O)c23)cc1. The van der Waals surface area contributed by atoms with Crippen LogP contribution in [0.4, 0.5) is 10.1 Å². The summed E-state index contributed by atoms with van der Waals surface area (Å²) in [4.78, 5) is 30.9. The maximum absolute atomic E-state index is 13.3. The second-order valence-corrected chi connectivity index (χ2v) is 8.05. The Labute approximate surface area is 185 Å². The number of aryl methyl sites for hydroxylation is 1. The molecule has 2 heterocycles. The van der Waals surface area contributed by atoms with Gasteiger partial charge in [0.25, 0.3) is 5.56 Å². The van der Waals surface area contributed by atoms with Crippen LogP contribution in [-0.4, -0.2) is 22.6 Å². The van der Waals surface area contributed by atoms with Gasteiger partial charge in [0.05, 0.1) is 17.5 Å². The number of hydrogen-bond donors (Lipinski definition) is 1. The number of anilines is 1. The summed E-state index contributed by atoms with van der Waals surface area (Å²) in [5, 5.41) is 4.86. The van der Waals surface area contributed by atoms with Crippen molar-refractivity contribution in [3.63, 3.8) is 0 Å². The van der Waals surface area contributed by atoms with Crippen molar-refractivity contribution in [2.24, 2.45) is 0 Å². The van der Waals surface area contributed by atoms with Gasteiger partial charge in [-0.25, -0.2) is 9.37 Å². The van der Waals surface area contributed by atoms with Crippen LogP contribution >= 0.6 is 22.9 Å². The van der Waals surface area contributed by atoms with Crippen molar-refractivity contribution in [1.29, 1.82) is 0 Å². The summed E-state index contributed by atoms with van der Waals surface area (Å²) in [6.07, 6.45) is 0. The summed E-state index contributed by atoms with van der Waals surface area (Å²) in [5.41, 5.74) is 1.64. The average molecular weight is 458 g/mol. The smallest absolute Gasteiger partial charge is 0.263 e. The molecule has 0 aliphatic heterocycles. The summed E-state index contributed by atoms with van der Waals surface area (Å²) < 4.78 is 19.8. The summed E-state index contributed by atoms with van der Waals surface area (Å²) in [7, 11) is 1.59. The molecule has 4 rings (SSSR count). The molecule has 9 heteroatoms. The minimum absolute atomic E-state index is 0.100. The number of methoxy groups -OCH3 is 1. The lowest BCUT2D eigenvalue weighted by Gasteiger charge is -2.11. The van der Waals surface area contributed by atoms with Crippen LogP contribution in [0.25, 0.3) is 21.3 Å². The molecule has 0 bridgehead atoms. The van der Waals surface area contributed by atoms with Crippen LogP contribution in [0.1, 0.15) is 5.82 Å². The molecule has 0 radical (unpaired) electrons. The number of thiophene rings is 1. The van der Waals surface area contributed by atoms with Crippen molar-refractivity contribution in [2.75, 3.05) is 12.4 Å². The fraction of sp³-hybridized carbons (Fsp3) is 0.136. The van der Waals surface area contributed by atoms with Gasteiger partial charge in [0.2, 0.25) is 5.91 Å². The Morgan fingerprint density at radius 2 is 2.00 bits per heavy atom. The van der Waals surface area contributed by atoms with Gasteiger partial charge in [-0.15, -0.1) is 11.3 Å². The zero-order valence-corrected chi connectivity index (χ0v) is 18.2. The molecule has 0 saturated heterocycles. The van der Waals surface area contributed by atoms with E-state index >= 15 is 0 Å². The molecule has 0 spiro atoms. The van der Waals surface area contributed by atoms with Gasteiger partial charge < -0.3 is 10.1 Å². The second-order valence-electron chi connectivity index (χ2n) is 6.79. The van der Waals surface area contributed by atoms with Gasteiger partial charge in [-0.05, 0) is 42.8 Å². The first-order chi connectivity index (χ1) is 14.9. The predicted octanol–water partition coefficient (Wildman–Crippen LogP) is 4.87. The standard InChI is InChI=1S/C22H17ClFN3O3S/c1-12-25-21-20(16(11-31-21)13-3-6-15(30-2)7-4-13)22(29)27(12)10-19(28)26-14-5-8-18(24)17(23)9-14/h3-9,11H,10H2,1-2H3,(H,26,28). The van der Waals surface area contributed by atoms with Crippen molar-refractivity contribution in [3.05, 3.63) is 74.9 Å². The highest BCUT2D eigenvalue weighted by molar-refractivity contribution is 7.17. The van der Waals surface area contributed by atoms with Gasteiger partial charge in [-0.1, -0.05) is 23.7 Å². The molecule has 0 atom stereocenters. The van der Waals surface area contributed by atoms with Crippen LogP contribution in [0.3, 0.4) is 0 Å². The minimum Gasteiger partial charge on any atom is -0.497 e. The van der Waals surface area contributed by atoms with Gasteiger partial charge in [0, 0.05) is 16.6 Å². The average Bonchev–Trinajstić information content (AvgIpc) is 3.17. The molecule has 31 heavy (non-hydrogen) atoms.